The summed E-state index contributed by atoms with van der Waals surface area (Å²) in [7, 11) is 0. The molecular formula is C4H13GaO. The van der Waals surface area contributed by atoms with Gasteiger partial charge in [-0.05, 0) is 13.3 Å². The quantitative estimate of drug-likeness (QED) is 0.500. The van der Waals surface area contributed by atoms with Crippen LogP contribution in [-0.4, -0.2) is 31.0 Å². The molecule has 1 nitrogen and oxygen atoms in total. The number of hydrogen-bond donors (Lipinski definition) is 1. The fraction of sp³-hybridized carbons (Fsp3) is 1.00. The summed E-state index contributed by atoms with van der Waals surface area (Å²) >= 11 is 0. The second-order valence-electron chi connectivity index (χ2n) is 1.26. The summed E-state index contributed by atoms with van der Waals surface area (Å²) < 4.78 is 0. The van der Waals surface area contributed by atoms with Gasteiger partial charge in [0.2, 0.25) is 0 Å². The van der Waals surface area contributed by atoms with Gasteiger partial charge in [-0.1, -0.05) is 6.92 Å². The number of aliphatic hydroxyl groups is 1. The molecule has 0 aromatic rings. The van der Waals surface area contributed by atoms with Crippen molar-refractivity contribution in [2.24, 2.45) is 0 Å². The second-order valence-corrected chi connectivity index (χ2v) is 1.26. The standard InChI is InChI=1S/C4H10O.Ga.3H/c1-3-4(2)5;;;;/h4-5H,3H2,1-2H3;;;;. The molecule has 0 spiro atoms. The summed E-state index contributed by atoms with van der Waals surface area (Å²) in [4.78, 5) is 0. The minimum atomic E-state index is -0.116. The Morgan fingerprint density at radius 1 is 1.67 bits per heavy atom. The average molecular weight is 147 g/mol. The zero-order valence-corrected chi connectivity index (χ0v) is 3.73. The Kier molecular flexibility index (Phi) is 9.12. The van der Waals surface area contributed by atoms with E-state index in [1.165, 1.54) is 0 Å². The van der Waals surface area contributed by atoms with Crippen molar-refractivity contribution in [3.63, 3.8) is 0 Å². The van der Waals surface area contributed by atoms with Crippen molar-refractivity contribution < 1.29 is 5.11 Å². The molecule has 0 bridgehead atoms. The van der Waals surface area contributed by atoms with Gasteiger partial charge >= 0.3 is 19.8 Å². The first kappa shape index (κ1) is 9.78. The Hall–Kier alpha value is 0.596. The van der Waals surface area contributed by atoms with Crippen molar-refractivity contribution in [3.05, 3.63) is 0 Å². The number of aliphatic hydroxyl groups excluding tert-OH is 1. The molecule has 0 aromatic carbocycles. The van der Waals surface area contributed by atoms with Crippen LogP contribution >= 0.6 is 0 Å². The molecule has 1 N–H and O–H groups in total. The van der Waals surface area contributed by atoms with Crippen molar-refractivity contribution in [1.29, 1.82) is 0 Å². The maximum atomic E-state index is 8.36. The first-order valence-corrected chi connectivity index (χ1v) is 1.95. The molecule has 38 valence electrons. The minimum absolute atomic E-state index is 0. The molecule has 0 saturated carbocycles. The summed E-state index contributed by atoms with van der Waals surface area (Å²) in [6.45, 7) is 3.73. The number of hydrogen-bond acceptors (Lipinski definition) is 1. The zero-order chi connectivity index (χ0) is 4.28. The Labute approximate surface area is 51.8 Å². The molecule has 6 heavy (non-hydrogen) atoms. The van der Waals surface area contributed by atoms with Crippen LogP contribution in [0, 0.1) is 0 Å². The molecule has 0 aliphatic heterocycles. The van der Waals surface area contributed by atoms with Crippen molar-refractivity contribution >= 4 is 19.8 Å². The van der Waals surface area contributed by atoms with Gasteiger partial charge in [-0.25, -0.2) is 0 Å². The molecule has 0 aliphatic rings. The molecule has 0 saturated heterocycles. The van der Waals surface area contributed by atoms with Crippen LogP contribution in [0.25, 0.3) is 0 Å². The first-order valence-electron chi connectivity index (χ1n) is 1.95. The van der Waals surface area contributed by atoms with E-state index in [-0.39, 0.29) is 25.9 Å². The predicted octanol–water partition coefficient (Wildman–Crippen LogP) is -0.407. The van der Waals surface area contributed by atoms with Crippen LogP contribution in [0.2, 0.25) is 0 Å². The van der Waals surface area contributed by atoms with Gasteiger partial charge in [-0.2, -0.15) is 0 Å². The fourth-order valence-corrected chi connectivity index (χ4v) is 0. The van der Waals surface area contributed by atoms with Crippen LogP contribution in [0.15, 0.2) is 0 Å². The van der Waals surface area contributed by atoms with Crippen molar-refractivity contribution in [1.82, 2.24) is 0 Å². The van der Waals surface area contributed by atoms with Crippen LogP contribution in [0.3, 0.4) is 0 Å². The van der Waals surface area contributed by atoms with Gasteiger partial charge in [-0.15, -0.1) is 0 Å². The third-order valence-corrected chi connectivity index (χ3v) is 0.591. The number of rotatable bonds is 1. The Bertz CT molecular complexity index is 21.5. The zero-order valence-electron chi connectivity index (χ0n) is 3.73. The van der Waals surface area contributed by atoms with E-state index in [4.69, 9.17) is 5.11 Å². The summed E-state index contributed by atoms with van der Waals surface area (Å²) in [5.41, 5.74) is 0. The van der Waals surface area contributed by atoms with E-state index in [1.807, 2.05) is 6.92 Å². The molecule has 0 aromatic heterocycles. The molecule has 0 fully saturated rings. The molecule has 0 heterocycles. The SMILES string of the molecule is CCC(C)O.[GaH3]. The Morgan fingerprint density at radius 2 is 1.83 bits per heavy atom. The molecule has 0 amide bonds. The maximum absolute atomic E-state index is 8.36. The third-order valence-electron chi connectivity index (χ3n) is 0.591. The van der Waals surface area contributed by atoms with E-state index in [1.54, 1.807) is 6.92 Å². The van der Waals surface area contributed by atoms with E-state index < -0.39 is 0 Å². The molecule has 1 atom stereocenters. The van der Waals surface area contributed by atoms with Crippen molar-refractivity contribution in [2.45, 2.75) is 26.4 Å². The topological polar surface area (TPSA) is 20.2 Å². The summed E-state index contributed by atoms with van der Waals surface area (Å²) in [6, 6.07) is 0. The van der Waals surface area contributed by atoms with Crippen molar-refractivity contribution in [3.8, 4) is 0 Å². The van der Waals surface area contributed by atoms with Gasteiger partial charge in [0, 0.05) is 0 Å². The normalized spacial score (nSPS) is 12.5. The van der Waals surface area contributed by atoms with Crippen LogP contribution in [0.4, 0.5) is 0 Å². The third kappa shape index (κ3) is 8.82. The molecular weight excluding hydrogens is 134 g/mol. The predicted molar refractivity (Wildman–Crippen MR) is 31.9 cm³/mol. The fourth-order valence-electron chi connectivity index (χ4n) is 0. The Balaban J connectivity index is 0. The second kappa shape index (κ2) is 5.60. The van der Waals surface area contributed by atoms with E-state index >= 15 is 0 Å². The molecule has 2 heteroatoms. The average Bonchev–Trinajstić information content (AvgIpc) is 1.38. The Morgan fingerprint density at radius 3 is 1.83 bits per heavy atom. The van der Waals surface area contributed by atoms with E-state index in [0.717, 1.165) is 6.42 Å². The van der Waals surface area contributed by atoms with Crippen LogP contribution in [0.1, 0.15) is 20.3 Å². The van der Waals surface area contributed by atoms with Crippen LogP contribution in [-0.2, 0) is 0 Å². The molecule has 0 radical (unpaired) electrons. The van der Waals surface area contributed by atoms with Crippen molar-refractivity contribution in [2.75, 3.05) is 0 Å². The van der Waals surface area contributed by atoms with E-state index in [9.17, 15) is 0 Å². The summed E-state index contributed by atoms with van der Waals surface area (Å²) in [5, 5.41) is 8.36. The van der Waals surface area contributed by atoms with E-state index in [2.05, 4.69) is 0 Å². The van der Waals surface area contributed by atoms with E-state index in [0.29, 0.717) is 0 Å². The van der Waals surface area contributed by atoms with Gasteiger partial charge in [0.15, 0.2) is 0 Å². The monoisotopic (exact) mass is 146 g/mol. The van der Waals surface area contributed by atoms with Gasteiger partial charge in [0.1, 0.15) is 0 Å². The summed E-state index contributed by atoms with van der Waals surface area (Å²) in [5.74, 6) is 0. The molecule has 0 rings (SSSR count). The van der Waals surface area contributed by atoms with Gasteiger partial charge in [0.25, 0.3) is 0 Å². The molecule has 1 unspecified atom stereocenters. The van der Waals surface area contributed by atoms with Gasteiger partial charge in [-0.3, -0.25) is 0 Å². The van der Waals surface area contributed by atoms with Gasteiger partial charge in [0.05, 0.1) is 6.10 Å². The first-order chi connectivity index (χ1) is 2.27. The van der Waals surface area contributed by atoms with Crippen LogP contribution < -0.4 is 0 Å². The van der Waals surface area contributed by atoms with Crippen LogP contribution in [0.5, 0.6) is 0 Å². The summed E-state index contributed by atoms with van der Waals surface area (Å²) in [6.07, 6.45) is 0.745. The van der Waals surface area contributed by atoms with Gasteiger partial charge < -0.3 is 5.11 Å². The molecule has 0 aliphatic carbocycles.